The molecule has 6 heteroatoms. The van der Waals surface area contributed by atoms with Crippen LogP contribution in [0.1, 0.15) is 0 Å². The van der Waals surface area contributed by atoms with E-state index in [1.807, 2.05) is 48.5 Å². The average Bonchev–Trinajstić information content (AvgIpc) is 2.85. The molecule has 102 valence electrons. The van der Waals surface area contributed by atoms with Crippen molar-refractivity contribution in [2.45, 2.75) is 0 Å². The van der Waals surface area contributed by atoms with Crippen LogP contribution in [0, 0.1) is 0 Å². The van der Waals surface area contributed by atoms with Crippen LogP contribution in [-0.4, -0.2) is 14.4 Å². The molecule has 0 saturated heterocycles. The summed E-state index contributed by atoms with van der Waals surface area (Å²) in [5.74, 6) is 0.464. The molecule has 4 nitrogen and oxygen atoms in total. The highest BCUT2D eigenvalue weighted by molar-refractivity contribution is 9.10. The van der Waals surface area contributed by atoms with Crippen molar-refractivity contribution in [2.24, 2.45) is 0 Å². The molecular formula is C15H8BrN3OS. The summed E-state index contributed by atoms with van der Waals surface area (Å²) in [5.41, 5.74) is 1.38. The third-order valence-corrected chi connectivity index (χ3v) is 4.68. The Kier molecular flexibility index (Phi) is 2.87. The molecule has 21 heavy (non-hydrogen) atoms. The number of hydrogen-bond acceptors (Lipinski definition) is 4. The van der Waals surface area contributed by atoms with E-state index in [9.17, 15) is 4.79 Å². The Morgan fingerprint density at radius 3 is 2.67 bits per heavy atom. The Hall–Kier alpha value is -2.05. The number of halogens is 1. The smallest absolute Gasteiger partial charge is 0.245 e. The van der Waals surface area contributed by atoms with E-state index < -0.39 is 0 Å². The minimum Gasteiger partial charge on any atom is -0.245 e. The predicted molar refractivity (Wildman–Crippen MR) is 87.8 cm³/mol. The second-order valence-electron chi connectivity index (χ2n) is 4.53. The molecule has 0 N–H and O–H groups in total. The van der Waals surface area contributed by atoms with Gasteiger partial charge in [0.1, 0.15) is 0 Å². The van der Waals surface area contributed by atoms with Gasteiger partial charge in [-0.1, -0.05) is 57.6 Å². The fourth-order valence-electron chi connectivity index (χ4n) is 2.23. The molecule has 2 heterocycles. The van der Waals surface area contributed by atoms with Gasteiger partial charge in [-0.05, 0) is 18.2 Å². The van der Waals surface area contributed by atoms with Gasteiger partial charge < -0.3 is 0 Å². The second kappa shape index (κ2) is 4.75. The van der Waals surface area contributed by atoms with E-state index in [1.165, 1.54) is 11.3 Å². The fourth-order valence-corrected chi connectivity index (χ4v) is 3.79. The van der Waals surface area contributed by atoms with Gasteiger partial charge in [-0.25, -0.2) is 9.20 Å². The lowest BCUT2D eigenvalue weighted by Crippen LogP contribution is -2.17. The normalized spacial score (nSPS) is 11.3. The second-order valence-corrected chi connectivity index (χ2v) is 6.45. The zero-order chi connectivity index (χ0) is 14.4. The van der Waals surface area contributed by atoms with Crippen molar-refractivity contribution in [3.63, 3.8) is 0 Å². The summed E-state index contributed by atoms with van der Waals surface area (Å²) in [6.07, 6.45) is 0. The third kappa shape index (κ3) is 2.07. The van der Waals surface area contributed by atoms with Crippen molar-refractivity contribution >= 4 is 42.4 Å². The molecule has 2 aromatic heterocycles. The Labute approximate surface area is 131 Å². The van der Waals surface area contributed by atoms with Crippen LogP contribution in [-0.2, 0) is 0 Å². The van der Waals surface area contributed by atoms with Crippen molar-refractivity contribution in [3.05, 3.63) is 63.5 Å². The molecule has 0 bridgehead atoms. The molecule has 4 aromatic rings. The maximum Gasteiger partial charge on any atom is 0.356 e. The van der Waals surface area contributed by atoms with Crippen molar-refractivity contribution < 1.29 is 0 Å². The number of hydrogen-bond donors (Lipinski definition) is 0. The van der Waals surface area contributed by atoms with E-state index in [0.717, 1.165) is 20.3 Å². The van der Waals surface area contributed by atoms with Gasteiger partial charge in [0.15, 0.2) is 5.82 Å². The summed E-state index contributed by atoms with van der Waals surface area (Å²) in [7, 11) is 0. The van der Waals surface area contributed by atoms with Crippen LogP contribution in [0.5, 0.6) is 0 Å². The van der Waals surface area contributed by atoms with Crippen LogP contribution in [0.2, 0.25) is 0 Å². The van der Waals surface area contributed by atoms with Gasteiger partial charge in [0.2, 0.25) is 4.96 Å². The Morgan fingerprint density at radius 1 is 1.05 bits per heavy atom. The van der Waals surface area contributed by atoms with Crippen LogP contribution >= 0.6 is 27.3 Å². The predicted octanol–water partition coefficient (Wildman–Crippen LogP) is 3.73. The lowest BCUT2D eigenvalue weighted by Gasteiger charge is -1.99. The van der Waals surface area contributed by atoms with Crippen molar-refractivity contribution in [2.75, 3.05) is 0 Å². The molecule has 0 amide bonds. The Bertz CT molecular complexity index is 1020. The number of benzene rings is 2. The molecule has 0 unspecified atom stereocenters. The van der Waals surface area contributed by atoms with Crippen LogP contribution in [0.3, 0.4) is 0 Å². The molecule has 2 aromatic carbocycles. The minimum atomic E-state index is -0.299. The first-order chi connectivity index (χ1) is 10.2. The lowest BCUT2D eigenvalue weighted by atomic mass is 10.2. The Morgan fingerprint density at radius 2 is 1.86 bits per heavy atom. The van der Waals surface area contributed by atoms with Crippen LogP contribution < -0.4 is 5.69 Å². The quantitative estimate of drug-likeness (QED) is 0.521. The highest BCUT2D eigenvalue weighted by Crippen LogP contribution is 2.27. The summed E-state index contributed by atoms with van der Waals surface area (Å²) in [5, 5.41) is 0. The topological polar surface area (TPSA) is 47.3 Å². The summed E-state index contributed by atoms with van der Waals surface area (Å²) in [4.78, 5) is 21.6. The van der Waals surface area contributed by atoms with E-state index >= 15 is 0 Å². The van der Waals surface area contributed by atoms with Gasteiger partial charge in [0.05, 0.1) is 10.2 Å². The third-order valence-electron chi connectivity index (χ3n) is 3.18. The van der Waals surface area contributed by atoms with Crippen molar-refractivity contribution in [1.82, 2.24) is 14.4 Å². The molecule has 0 radical (unpaired) electrons. The van der Waals surface area contributed by atoms with E-state index in [2.05, 4.69) is 25.9 Å². The molecule has 0 aliphatic rings. The fraction of sp³-hybridized carbons (Fsp3) is 0. The van der Waals surface area contributed by atoms with E-state index in [0.29, 0.717) is 10.8 Å². The number of aromatic nitrogens is 3. The van der Waals surface area contributed by atoms with Gasteiger partial charge in [0.25, 0.3) is 0 Å². The molecule has 0 aliphatic carbocycles. The Balaban J connectivity index is 2.07. The zero-order valence-electron chi connectivity index (χ0n) is 10.7. The van der Waals surface area contributed by atoms with E-state index in [-0.39, 0.29) is 5.69 Å². The van der Waals surface area contributed by atoms with Gasteiger partial charge >= 0.3 is 5.69 Å². The minimum absolute atomic E-state index is 0.299. The summed E-state index contributed by atoms with van der Waals surface area (Å²) < 4.78 is 3.53. The van der Waals surface area contributed by atoms with Gasteiger partial charge in [-0.3, -0.25) is 0 Å². The van der Waals surface area contributed by atoms with Crippen molar-refractivity contribution in [1.29, 1.82) is 0 Å². The monoisotopic (exact) mass is 357 g/mol. The first kappa shape index (κ1) is 12.7. The van der Waals surface area contributed by atoms with Gasteiger partial charge in [-0.2, -0.15) is 9.97 Å². The maximum atomic E-state index is 12.3. The molecule has 0 fully saturated rings. The van der Waals surface area contributed by atoms with Crippen molar-refractivity contribution in [3.8, 4) is 11.4 Å². The van der Waals surface area contributed by atoms with Crippen LogP contribution in [0.15, 0.2) is 57.8 Å². The number of fused-ring (bicyclic) bond motifs is 3. The molecule has 4 rings (SSSR count). The average molecular weight is 358 g/mol. The van der Waals surface area contributed by atoms with Gasteiger partial charge in [0, 0.05) is 10.0 Å². The molecule has 0 saturated carbocycles. The number of rotatable bonds is 1. The number of nitrogens with zero attached hydrogens (tertiary/aromatic N) is 3. The summed E-state index contributed by atoms with van der Waals surface area (Å²) >= 11 is 4.92. The highest BCUT2D eigenvalue weighted by atomic mass is 79.9. The SMILES string of the molecule is O=c1nc(-c2ccccc2)nc2sc3cc(Br)ccc3n12. The largest absolute Gasteiger partial charge is 0.356 e. The molecule has 0 spiro atoms. The van der Waals surface area contributed by atoms with Crippen LogP contribution in [0.25, 0.3) is 26.6 Å². The van der Waals surface area contributed by atoms with E-state index in [1.54, 1.807) is 4.40 Å². The maximum absolute atomic E-state index is 12.3. The first-order valence-corrected chi connectivity index (χ1v) is 7.87. The number of thiazole rings is 1. The standard InChI is InChI=1S/C15H8BrN3OS/c16-10-6-7-11-12(8-10)21-15-18-13(17-14(20)19(11)15)9-4-2-1-3-5-9/h1-8H. The first-order valence-electron chi connectivity index (χ1n) is 6.27. The summed E-state index contributed by atoms with van der Waals surface area (Å²) in [6.45, 7) is 0. The molecule has 0 aliphatic heterocycles. The highest BCUT2D eigenvalue weighted by Gasteiger charge is 2.11. The van der Waals surface area contributed by atoms with Crippen LogP contribution in [0.4, 0.5) is 0 Å². The van der Waals surface area contributed by atoms with Gasteiger partial charge in [-0.15, -0.1) is 0 Å². The summed E-state index contributed by atoms with van der Waals surface area (Å²) in [6, 6.07) is 15.3. The van der Waals surface area contributed by atoms with E-state index in [4.69, 9.17) is 0 Å². The lowest BCUT2D eigenvalue weighted by molar-refractivity contribution is 0.992. The zero-order valence-corrected chi connectivity index (χ0v) is 13.1. The molecular weight excluding hydrogens is 350 g/mol. The molecule has 0 atom stereocenters.